The van der Waals surface area contributed by atoms with Crippen molar-refractivity contribution >= 4 is 11.7 Å². The summed E-state index contributed by atoms with van der Waals surface area (Å²) in [6.07, 6.45) is -1.62. The summed E-state index contributed by atoms with van der Waals surface area (Å²) in [6.45, 7) is -0.872. The fourth-order valence-electron chi connectivity index (χ4n) is 2.88. The van der Waals surface area contributed by atoms with E-state index in [2.05, 4.69) is 10.3 Å². The van der Waals surface area contributed by atoms with Gasteiger partial charge in [0.1, 0.15) is 18.1 Å². The third-order valence-corrected chi connectivity index (χ3v) is 4.27. The fraction of sp³-hybridized carbons (Fsp3) is 0.353. The SMILES string of the molecule is O=C(Nc1ccn([C@@H]2O[C@H](CO)C(O)[C@H]2CO)c(=O)n1)c1ccccc1. The molecule has 1 unspecified atom stereocenters. The number of benzene rings is 1. The van der Waals surface area contributed by atoms with Crippen LogP contribution in [0.2, 0.25) is 0 Å². The van der Waals surface area contributed by atoms with E-state index in [0.717, 1.165) is 4.57 Å². The van der Waals surface area contributed by atoms with Crippen molar-refractivity contribution in [3.05, 3.63) is 58.6 Å². The summed E-state index contributed by atoms with van der Waals surface area (Å²) >= 11 is 0. The molecule has 9 nitrogen and oxygen atoms in total. The van der Waals surface area contributed by atoms with E-state index in [1.165, 1.54) is 12.3 Å². The van der Waals surface area contributed by atoms with Crippen LogP contribution in [0.5, 0.6) is 0 Å². The molecule has 1 amide bonds. The van der Waals surface area contributed by atoms with Gasteiger partial charge in [-0.3, -0.25) is 9.36 Å². The highest BCUT2D eigenvalue weighted by Gasteiger charge is 2.44. The van der Waals surface area contributed by atoms with E-state index in [1.807, 2.05) is 0 Å². The highest BCUT2D eigenvalue weighted by Crippen LogP contribution is 2.33. The molecule has 0 radical (unpaired) electrons. The molecule has 1 saturated heterocycles. The first-order valence-electron chi connectivity index (χ1n) is 8.06. The number of aliphatic hydroxyl groups excluding tert-OH is 3. The average molecular weight is 361 g/mol. The van der Waals surface area contributed by atoms with Gasteiger partial charge in [-0.05, 0) is 18.2 Å². The second-order valence-corrected chi connectivity index (χ2v) is 5.91. The molecule has 138 valence electrons. The molecular weight excluding hydrogens is 342 g/mol. The smallest absolute Gasteiger partial charge is 0.351 e. The number of aromatic nitrogens is 2. The second-order valence-electron chi connectivity index (χ2n) is 5.91. The number of aliphatic hydroxyl groups is 3. The van der Waals surface area contributed by atoms with Gasteiger partial charge >= 0.3 is 5.69 Å². The van der Waals surface area contributed by atoms with Crippen LogP contribution in [0.1, 0.15) is 16.6 Å². The van der Waals surface area contributed by atoms with Crippen LogP contribution in [-0.4, -0.2) is 56.2 Å². The first-order chi connectivity index (χ1) is 12.5. The van der Waals surface area contributed by atoms with Crippen molar-refractivity contribution in [2.45, 2.75) is 18.4 Å². The van der Waals surface area contributed by atoms with Gasteiger partial charge in [0.25, 0.3) is 5.91 Å². The van der Waals surface area contributed by atoms with Crippen molar-refractivity contribution in [2.75, 3.05) is 18.5 Å². The third kappa shape index (κ3) is 3.51. The van der Waals surface area contributed by atoms with Crippen LogP contribution >= 0.6 is 0 Å². The predicted molar refractivity (Wildman–Crippen MR) is 90.5 cm³/mol. The van der Waals surface area contributed by atoms with E-state index < -0.39 is 49.2 Å². The van der Waals surface area contributed by atoms with Crippen molar-refractivity contribution in [2.24, 2.45) is 5.92 Å². The maximum absolute atomic E-state index is 12.3. The molecule has 4 atom stereocenters. The van der Waals surface area contributed by atoms with Gasteiger partial charge in [0, 0.05) is 11.8 Å². The van der Waals surface area contributed by atoms with Crippen LogP contribution in [0.25, 0.3) is 0 Å². The van der Waals surface area contributed by atoms with E-state index in [4.69, 9.17) is 4.74 Å². The van der Waals surface area contributed by atoms with Gasteiger partial charge in [0.2, 0.25) is 0 Å². The summed E-state index contributed by atoms with van der Waals surface area (Å²) in [6, 6.07) is 9.89. The molecule has 1 aliphatic rings. The van der Waals surface area contributed by atoms with Gasteiger partial charge in [0.15, 0.2) is 0 Å². The van der Waals surface area contributed by atoms with Crippen LogP contribution in [0, 0.1) is 5.92 Å². The standard InChI is InChI=1S/C17H19N3O6/c21-8-11-14(23)12(9-22)26-16(11)20-7-6-13(19-17(20)25)18-15(24)10-4-2-1-3-5-10/h1-7,11-12,14,16,21-23H,8-9H2,(H,18,19,24,25)/t11-,12-,14?,16-/m1/s1. The first-order valence-corrected chi connectivity index (χ1v) is 8.06. The van der Waals surface area contributed by atoms with E-state index >= 15 is 0 Å². The van der Waals surface area contributed by atoms with Crippen LogP contribution < -0.4 is 11.0 Å². The summed E-state index contributed by atoms with van der Waals surface area (Å²) in [5.41, 5.74) is -0.294. The zero-order valence-corrected chi connectivity index (χ0v) is 13.7. The summed E-state index contributed by atoms with van der Waals surface area (Å²) < 4.78 is 6.57. The Kier molecular flexibility index (Phi) is 5.43. The molecule has 9 heteroatoms. The van der Waals surface area contributed by atoms with Crippen LogP contribution in [0.4, 0.5) is 5.82 Å². The lowest BCUT2D eigenvalue weighted by Crippen LogP contribution is -2.34. The van der Waals surface area contributed by atoms with Gasteiger partial charge < -0.3 is 25.4 Å². The summed E-state index contributed by atoms with van der Waals surface area (Å²) in [7, 11) is 0. The number of nitrogens with one attached hydrogen (secondary N) is 1. The number of hydrogen-bond donors (Lipinski definition) is 4. The van der Waals surface area contributed by atoms with Crippen LogP contribution in [0.15, 0.2) is 47.4 Å². The van der Waals surface area contributed by atoms with Crippen molar-refractivity contribution in [1.82, 2.24) is 9.55 Å². The molecule has 0 bridgehead atoms. The zero-order valence-electron chi connectivity index (χ0n) is 13.7. The number of amides is 1. The number of hydrogen-bond acceptors (Lipinski definition) is 7. The predicted octanol–water partition coefficient (Wildman–Crippen LogP) is -0.645. The second kappa shape index (κ2) is 7.75. The Labute approximate surface area is 148 Å². The number of anilines is 1. The van der Waals surface area contributed by atoms with Gasteiger partial charge in [0.05, 0.1) is 25.2 Å². The summed E-state index contributed by atoms with van der Waals surface area (Å²) in [5, 5.41) is 31.2. The van der Waals surface area contributed by atoms with E-state index in [-0.39, 0.29) is 5.82 Å². The fourth-order valence-corrected chi connectivity index (χ4v) is 2.88. The Bertz CT molecular complexity index is 825. The van der Waals surface area contributed by atoms with E-state index in [9.17, 15) is 24.9 Å². The number of ether oxygens (including phenoxy) is 1. The number of rotatable bonds is 5. The lowest BCUT2D eigenvalue weighted by Gasteiger charge is -2.19. The quantitative estimate of drug-likeness (QED) is 0.556. The van der Waals surface area contributed by atoms with Crippen molar-refractivity contribution in [1.29, 1.82) is 0 Å². The molecule has 26 heavy (non-hydrogen) atoms. The minimum atomic E-state index is -1.11. The molecule has 0 saturated carbocycles. The number of carbonyl (C=O) groups is 1. The normalized spacial score (nSPS) is 25.2. The van der Waals surface area contributed by atoms with Crippen molar-refractivity contribution in [3.63, 3.8) is 0 Å². The highest BCUT2D eigenvalue weighted by atomic mass is 16.5. The Hall–Kier alpha value is -2.59. The molecule has 1 aromatic heterocycles. The van der Waals surface area contributed by atoms with Gasteiger partial charge in [-0.1, -0.05) is 18.2 Å². The monoisotopic (exact) mass is 361 g/mol. The summed E-state index contributed by atoms with van der Waals surface area (Å²) in [4.78, 5) is 28.2. The van der Waals surface area contributed by atoms with E-state index in [0.29, 0.717) is 5.56 Å². The Morgan fingerprint density at radius 2 is 1.92 bits per heavy atom. The molecule has 1 aliphatic heterocycles. The maximum atomic E-state index is 12.3. The Balaban J connectivity index is 1.80. The molecule has 0 aliphatic carbocycles. The maximum Gasteiger partial charge on any atom is 0.351 e. The molecule has 2 heterocycles. The topological polar surface area (TPSA) is 134 Å². The Morgan fingerprint density at radius 3 is 2.54 bits per heavy atom. The molecule has 3 rings (SSSR count). The number of carbonyl (C=O) groups excluding carboxylic acids is 1. The Morgan fingerprint density at radius 1 is 1.19 bits per heavy atom. The molecule has 1 aromatic carbocycles. The molecule has 4 N–H and O–H groups in total. The number of nitrogens with zero attached hydrogens (tertiary/aromatic N) is 2. The molecule has 2 aromatic rings. The third-order valence-electron chi connectivity index (χ3n) is 4.27. The lowest BCUT2D eigenvalue weighted by atomic mass is 10.0. The van der Waals surface area contributed by atoms with E-state index in [1.54, 1.807) is 30.3 Å². The molecule has 0 spiro atoms. The van der Waals surface area contributed by atoms with Gasteiger partial charge in [-0.2, -0.15) is 4.98 Å². The summed E-state index contributed by atoms with van der Waals surface area (Å²) in [5.74, 6) is -1.12. The van der Waals surface area contributed by atoms with Crippen LogP contribution in [-0.2, 0) is 4.74 Å². The van der Waals surface area contributed by atoms with Crippen LogP contribution in [0.3, 0.4) is 0 Å². The minimum Gasteiger partial charge on any atom is -0.396 e. The van der Waals surface area contributed by atoms with Crippen molar-refractivity contribution in [3.8, 4) is 0 Å². The lowest BCUT2D eigenvalue weighted by molar-refractivity contribution is -0.0495. The molecule has 1 fully saturated rings. The van der Waals surface area contributed by atoms with Gasteiger partial charge in [-0.15, -0.1) is 0 Å². The highest BCUT2D eigenvalue weighted by molar-refractivity contribution is 6.03. The largest absolute Gasteiger partial charge is 0.396 e. The van der Waals surface area contributed by atoms with Gasteiger partial charge in [-0.25, -0.2) is 4.79 Å². The average Bonchev–Trinajstić information content (AvgIpc) is 2.98. The molecular formula is C17H19N3O6. The minimum absolute atomic E-state index is 0.0675. The first kappa shape index (κ1) is 18.2. The zero-order chi connectivity index (χ0) is 18.7. The van der Waals surface area contributed by atoms with Crippen molar-refractivity contribution < 1.29 is 24.9 Å².